The number of hydrogen-bond acceptors (Lipinski definition) is 5. The zero-order valence-electron chi connectivity index (χ0n) is 12.2. The Hall–Kier alpha value is -1.47. The molecule has 2 unspecified atom stereocenters. The molecule has 0 amide bonds. The Morgan fingerprint density at radius 3 is 2.77 bits per heavy atom. The average Bonchev–Trinajstić information content (AvgIpc) is 3.09. The molecule has 2 atom stereocenters. The molecule has 1 aromatic heterocycles. The van der Waals surface area contributed by atoms with Crippen molar-refractivity contribution >= 4 is 11.6 Å². The van der Waals surface area contributed by atoms with Crippen LogP contribution in [-0.4, -0.2) is 50.1 Å². The maximum atomic E-state index is 10.3. The summed E-state index contributed by atoms with van der Waals surface area (Å²) in [6.45, 7) is 2.66. The Bertz CT molecular complexity index is 651. The number of rotatable bonds is 4. The van der Waals surface area contributed by atoms with Gasteiger partial charge in [0.25, 0.3) is 0 Å². The quantitative estimate of drug-likeness (QED) is 0.889. The topological polar surface area (TPSA) is 80.4 Å². The van der Waals surface area contributed by atoms with Crippen LogP contribution in [0.15, 0.2) is 24.3 Å². The SMILES string of the molecule is Cc1c(-c2ccc(Cl)cc2)nnn1CC(O)C1(O)CCOC1. The Kier molecular flexibility index (Phi) is 4.18. The summed E-state index contributed by atoms with van der Waals surface area (Å²) < 4.78 is 6.77. The fourth-order valence-electron chi connectivity index (χ4n) is 2.57. The zero-order chi connectivity index (χ0) is 15.7. The number of aromatic nitrogens is 3. The van der Waals surface area contributed by atoms with Gasteiger partial charge in [-0.15, -0.1) is 5.10 Å². The second-order valence-electron chi connectivity index (χ2n) is 5.63. The van der Waals surface area contributed by atoms with Gasteiger partial charge in [0.05, 0.1) is 18.8 Å². The first-order chi connectivity index (χ1) is 10.5. The molecule has 1 aliphatic rings. The van der Waals surface area contributed by atoms with E-state index in [0.29, 0.717) is 18.1 Å². The van der Waals surface area contributed by atoms with Gasteiger partial charge in [-0.1, -0.05) is 28.9 Å². The molecule has 118 valence electrons. The molecule has 2 heterocycles. The van der Waals surface area contributed by atoms with Crippen molar-refractivity contribution in [1.82, 2.24) is 15.0 Å². The minimum atomic E-state index is -1.21. The molecule has 0 bridgehead atoms. The second-order valence-corrected chi connectivity index (χ2v) is 6.07. The summed E-state index contributed by atoms with van der Waals surface area (Å²) in [7, 11) is 0. The minimum Gasteiger partial charge on any atom is -0.388 e. The van der Waals surface area contributed by atoms with Gasteiger partial charge in [-0.2, -0.15) is 0 Å². The third-order valence-corrected chi connectivity index (χ3v) is 4.35. The van der Waals surface area contributed by atoms with Crippen LogP contribution in [0.2, 0.25) is 5.02 Å². The number of halogens is 1. The highest BCUT2D eigenvalue weighted by Gasteiger charge is 2.40. The van der Waals surface area contributed by atoms with Crippen LogP contribution < -0.4 is 0 Å². The Morgan fingerprint density at radius 1 is 1.41 bits per heavy atom. The predicted molar refractivity (Wildman–Crippen MR) is 81.6 cm³/mol. The van der Waals surface area contributed by atoms with Crippen molar-refractivity contribution in [1.29, 1.82) is 0 Å². The van der Waals surface area contributed by atoms with Gasteiger partial charge in [-0.05, 0) is 19.1 Å². The van der Waals surface area contributed by atoms with Crippen molar-refractivity contribution in [2.75, 3.05) is 13.2 Å². The highest BCUT2D eigenvalue weighted by molar-refractivity contribution is 6.30. The standard InChI is InChI=1S/C15H18ClN3O3/c1-10-14(11-2-4-12(16)5-3-11)17-18-19(10)8-13(20)15(21)6-7-22-9-15/h2-5,13,20-21H,6-9H2,1H3. The van der Waals surface area contributed by atoms with Gasteiger partial charge in [-0.3, -0.25) is 0 Å². The van der Waals surface area contributed by atoms with Gasteiger partial charge >= 0.3 is 0 Å². The number of nitrogens with zero attached hydrogens (tertiary/aromatic N) is 3. The van der Waals surface area contributed by atoms with E-state index in [0.717, 1.165) is 17.0 Å². The molecule has 0 aliphatic carbocycles. The molecule has 0 radical (unpaired) electrons. The molecular weight excluding hydrogens is 306 g/mol. The van der Waals surface area contributed by atoms with E-state index in [1.54, 1.807) is 16.8 Å². The molecule has 3 rings (SSSR count). The lowest BCUT2D eigenvalue weighted by Gasteiger charge is -2.26. The molecule has 2 N–H and O–H groups in total. The molecule has 1 saturated heterocycles. The van der Waals surface area contributed by atoms with Gasteiger partial charge in [0, 0.05) is 23.6 Å². The number of benzene rings is 1. The van der Waals surface area contributed by atoms with Crippen molar-refractivity contribution in [3.05, 3.63) is 35.0 Å². The largest absolute Gasteiger partial charge is 0.388 e. The van der Waals surface area contributed by atoms with Crippen molar-refractivity contribution in [3.8, 4) is 11.3 Å². The van der Waals surface area contributed by atoms with Gasteiger partial charge in [0.1, 0.15) is 17.4 Å². The Labute approximate surface area is 133 Å². The summed E-state index contributed by atoms with van der Waals surface area (Å²) in [5, 5.41) is 29.5. The molecule has 1 fully saturated rings. The maximum absolute atomic E-state index is 10.3. The highest BCUT2D eigenvalue weighted by atomic mass is 35.5. The lowest BCUT2D eigenvalue weighted by molar-refractivity contribution is -0.0840. The van der Waals surface area contributed by atoms with E-state index in [9.17, 15) is 10.2 Å². The van der Waals surface area contributed by atoms with E-state index in [1.807, 2.05) is 19.1 Å². The molecular formula is C15H18ClN3O3. The van der Waals surface area contributed by atoms with E-state index < -0.39 is 11.7 Å². The lowest BCUT2D eigenvalue weighted by atomic mass is 9.96. The molecule has 1 aromatic carbocycles. The van der Waals surface area contributed by atoms with Crippen molar-refractivity contribution in [3.63, 3.8) is 0 Å². The van der Waals surface area contributed by atoms with Gasteiger partial charge in [0.15, 0.2) is 0 Å². The first kappa shape index (κ1) is 15.4. The number of aliphatic hydroxyl groups is 2. The molecule has 7 heteroatoms. The normalized spacial score (nSPS) is 22.9. The average molecular weight is 324 g/mol. The third-order valence-electron chi connectivity index (χ3n) is 4.10. The summed E-state index contributed by atoms with van der Waals surface area (Å²) in [6, 6.07) is 7.34. The van der Waals surface area contributed by atoms with Crippen LogP contribution in [0.4, 0.5) is 0 Å². The zero-order valence-corrected chi connectivity index (χ0v) is 13.0. The van der Waals surface area contributed by atoms with Gasteiger partial charge < -0.3 is 14.9 Å². The van der Waals surface area contributed by atoms with Crippen molar-refractivity contribution < 1.29 is 14.9 Å². The van der Waals surface area contributed by atoms with Gasteiger partial charge in [0.2, 0.25) is 0 Å². The first-order valence-corrected chi connectivity index (χ1v) is 7.51. The summed E-state index contributed by atoms with van der Waals surface area (Å²) in [4.78, 5) is 0. The van der Waals surface area contributed by atoms with Crippen LogP contribution in [0.1, 0.15) is 12.1 Å². The summed E-state index contributed by atoms with van der Waals surface area (Å²) in [5.74, 6) is 0. The van der Waals surface area contributed by atoms with Crippen LogP contribution in [0.5, 0.6) is 0 Å². The molecule has 2 aromatic rings. The first-order valence-electron chi connectivity index (χ1n) is 7.14. The molecule has 1 aliphatic heterocycles. The van der Waals surface area contributed by atoms with E-state index in [1.165, 1.54) is 0 Å². The van der Waals surface area contributed by atoms with Crippen LogP contribution in [0.3, 0.4) is 0 Å². The second kappa shape index (κ2) is 5.96. The van der Waals surface area contributed by atoms with Crippen LogP contribution in [-0.2, 0) is 11.3 Å². The van der Waals surface area contributed by atoms with E-state index in [2.05, 4.69) is 10.3 Å². The van der Waals surface area contributed by atoms with E-state index >= 15 is 0 Å². The Balaban J connectivity index is 1.80. The number of aliphatic hydroxyl groups excluding tert-OH is 1. The van der Waals surface area contributed by atoms with E-state index in [4.69, 9.17) is 16.3 Å². The summed E-state index contributed by atoms with van der Waals surface area (Å²) >= 11 is 5.89. The monoisotopic (exact) mass is 323 g/mol. The van der Waals surface area contributed by atoms with Crippen LogP contribution in [0, 0.1) is 6.92 Å². The molecule has 6 nitrogen and oxygen atoms in total. The summed E-state index contributed by atoms with van der Waals surface area (Å²) in [6.07, 6.45) is -0.528. The van der Waals surface area contributed by atoms with Crippen LogP contribution in [0.25, 0.3) is 11.3 Å². The van der Waals surface area contributed by atoms with E-state index in [-0.39, 0.29) is 13.2 Å². The molecule has 22 heavy (non-hydrogen) atoms. The smallest absolute Gasteiger partial charge is 0.118 e. The van der Waals surface area contributed by atoms with Crippen molar-refractivity contribution in [2.24, 2.45) is 0 Å². The van der Waals surface area contributed by atoms with Crippen LogP contribution >= 0.6 is 11.6 Å². The number of hydrogen-bond donors (Lipinski definition) is 2. The maximum Gasteiger partial charge on any atom is 0.118 e. The summed E-state index contributed by atoms with van der Waals surface area (Å²) in [5.41, 5.74) is 1.26. The minimum absolute atomic E-state index is 0.145. The lowest BCUT2D eigenvalue weighted by Crippen LogP contribution is -2.45. The predicted octanol–water partition coefficient (Wildman–Crippen LogP) is 1.42. The molecule has 0 saturated carbocycles. The fraction of sp³-hybridized carbons (Fsp3) is 0.467. The number of ether oxygens (including phenoxy) is 1. The molecule has 0 spiro atoms. The third kappa shape index (κ3) is 2.87. The van der Waals surface area contributed by atoms with Crippen molar-refractivity contribution in [2.45, 2.75) is 31.6 Å². The van der Waals surface area contributed by atoms with Gasteiger partial charge in [-0.25, -0.2) is 4.68 Å². The highest BCUT2D eigenvalue weighted by Crippen LogP contribution is 2.26. The fourth-order valence-corrected chi connectivity index (χ4v) is 2.70. The Morgan fingerprint density at radius 2 is 2.14 bits per heavy atom.